The van der Waals surface area contributed by atoms with Crippen molar-refractivity contribution in [3.8, 4) is 22.6 Å². The van der Waals surface area contributed by atoms with Crippen molar-refractivity contribution in [1.82, 2.24) is 4.90 Å². The van der Waals surface area contributed by atoms with Crippen LogP contribution in [0.4, 0.5) is 4.79 Å². The van der Waals surface area contributed by atoms with Crippen LogP contribution in [-0.2, 0) is 17.7 Å². The number of aromatic hydroxyl groups is 2. The van der Waals surface area contributed by atoms with Gasteiger partial charge >= 0.3 is 6.09 Å². The molecule has 0 saturated heterocycles. The highest BCUT2D eigenvalue weighted by molar-refractivity contribution is 5.79. The molecule has 5 heteroatoms. The van der Waals surface area contributed by atoms with E-state index in [0.717, 1.165) is 42.4 Å². The number of nitrogens with zero attached hydrogens (tertiary/aromatic N) is 1. The largest absolute Gasteiger partial charge is 0.507 e. The monoisotopic (exact) mass is 385 g/mol. The molecule has 0 saturated carbocycles. The lowest BCUT2D eigenvalue weighted by Crippen LogP contribution is -2.30. The molecule has 1 amide bonds. The summed E-state index contributed by atoms with van der Waals surface area (Å²) in [5, 5.41) is 21.8. The molecule has 2 rings (SSSR count). The zero-order valence-corrected chi connectivity index (χ0v) is 17.3. The van der Waals surface area contributed by atoms with E-state index in [-0.39, 0.29) is 18.0 Å². The third kappa shape index (κ3) is 4.97. The van der Waals surface area contributed by atoms with E-state index in [1.165, 1.54) is 12.0 Å². The second kappa shape index (κ2) is 10.0. The number of unbranched alkanes of at least 4 members (excludes halogenated alkanes) is 2. The van der Waals surface area contributed by atoms with E-state index in [2.05, 4.69) is 6.92 Å². The third-order valence-corrected chi connectivity index (χ3v) is 5.00. The third-order valence-electron chi connectivity index (χ3n) is 5.00. The van der Waals surface area contributed by atoms with Gasteiger partial charge in [-0.05, 0) is 43.9 Å². The fraction of sp³-hybridized carbons (Fsp3) is 0.435. The van der Waals surface area contributed by atoms with E-state index in [1.54, 1.807) is 6.07 Å². The van der Waals surface area contributed by atoms with Gasteiger partial charge < -0.3 is 19.8 Å². The standard InChI is InChI=1S/C23H31NO4/c1-5-7-8-11-17-14-20(25)21(18-12-9-10-16(3)13-18)22(26)19(17)15-24(6-2)23(27)28-4/h9-10,12-14,25-26H,5-8,11,15H2,1-4H3. The van der Waals surface area contributed by atoms with Gasteiger partial charge in [-0.2, -0.15) is 0 Å². The van der Waals surface area contributed by atoms with E-state index in [1.807, 2.05) is 38.1 Å². The summed E-state index contributed by atoms with van der Waals surface area (Å²) in [6.07, 6.45) is 3.40. The Balaban J connectivity index is 2.56. The second-order valence-electron chi connectivity index (χ2n) is 7.07. The first-order valence-corrected chi connectivity index (χ1v) is 9.89. The van der Waals surface area contributed by atoms with Crippen LogP contribution >= 0.6 is 0 Å². The highest BCUT2D eigenvalue weighted by Crippen LogP contribution is 2.42. The molecule has 2 N–H and O–H groups in total. The molecule has 0 atom stereocenters. The van der Waals surface area contributed by atoms with E-state index in [9.17, 15) is 15.0 Å². The Hall–Kier alpha value is -2.69. The number of ether oxygens (including phenoxy) is 1. The number of phenolic OH excluding ortho intramolecular Hbond substituents is 2. The van der Waals surface area contributed by atoms with Crippen molar-refractivity contribution in [2.24, 2.45) is 0 Å². The summed E-state index contributed by atoms with van der Waals surface area (Å²) in [5.41, 5.74) is 3.71. The summed E-state index contributed by atoms with van der Waals surface area (Å²) in [6, 6.07) is 9.37. The number of hydrogen-bond donors (Lipinski definition) is 2. The molecule has 2 aromatic carbocycles. The summed E-state index contributed by atoms with van der Waals surface area (Å²) >= 11 is 0. The summed E-state index contributed by atoms with van der Waals surface area (Å²) in [6.45, 7) is 6.66. The number of rotatable bonds is 8. The Bertz CT molecular complexity index is 816. The summed E-state index contributed by atoms with van der Waals surface area (Å²) in [7, 11) is 1.35. The van der Waals surface area contributed by atoms with Crippen molar-refractivity contribution in [2.45, 2.75) is 53.0 Å². The molecular weight excluding hydrogens is 354 g/mol. The Morgan fingerprint density at radius 2 is 1.89 bits per heavy atom. The molecule has 0 aliphatic heterocycles. The van der Waals surface area contributed by atoms with Crippen LogP contribution < -0.4 is 0 Å². The first-order valence-electron chi connectivity index (χ1n) is 9.89. The van der Waals surface area contributed by atoms with Crippen LogP contribution in [0.25, 0.3) is 11.1 Å². The van der Waals surface area contributed by atoms with Crippen molar-refractivity contribution < 1.29 is 19.7 Å². The average molecular weight is 386 g/mol. The van der Waals surface area contributed by atoms with Crippen molar-refractivity contribution in [2.75, 3.05) is 13.7 Å². The fourth-order valence-corrected chi connectivity index (χ4v) is 3.42. The van der Waals surface area contributed by atoms with Crippen molar-refractivity contribution in [3.63, 3.8) is 0 Å². The molecule has 0 radical (unpaired) electrons. The number of hydrogen-bond acceptors (Lipinski definition) is 4. The number of benzene rings is 2. The van der Waals surface area contributed by atoms with Crippen molar-refractivity contribution >= 4 is 6.09 Å². The van der Waals surface area contributed by atoms with Crippen LogP contribution in [0.15, 0.2) is 30.3 Å². The number of amides is 1. The molecule has 0 heterocycles. The van der Waals surface area contributed by atoms with Gasteiger partial charge in [0.25, 0.3) is 0 Å². The van der Waals surface area contributed by atoms with E-state index < -0.39 is 6.09 Å². The zero-order valence-electron chi connectivity index (χ0n) is 17.3. The maximum Gasteiger partial charge on any atom is 0.409 e. The Morgan fingerprint density at radius 3 is 2.50 bits per heavy atom. The van der Waals surface area contributed by atoms with Crippen LogP contribution in [-0.4, -0.2) is 34.9 Å². The van der Waals surface area contributed by atoms with Gasteiger partial charge in [0.1, 0.15) is 11.5 Å². The van der Waals surface area contributed by atoms with Crippen LogP contribution in [0.3, 0.4) is 0 Å². The molecule has 0 spiro atoms. The molecule has 2 aromatic rings. The molecule has 0 unspecified atom stereocenters. The lowest BCUT2D eigenvalue weighted by Gasteiger charge is -2.23. The number of carbonyl (C=O) groups is 1. The maximum absolute atomic E-state index is 12.1. The van der Waals surface area contributed by atoms with Gasteiger partial charge in [0.15, 0.2) is 0 Å². The number of aryl methyl sites for hydroxylation is 2. The van der Waals surface area contributed by atoms with Crippen LogP contribution in [0.5, 0.6) is 11.5 Å². The van der Waals surface area contributed by atoms with Gasteiger partial charge in [-0.25, -0.2) is 4.79 Å². The Kier molecular flexibility index (Phi) is 7.73. The summed E-state index contributed by atoms with van der Waals surface area (Å²) < 4.78 is 4.86. The fourth-order valence-electron chi connectivity index (χ4n) is 3.42. The summed E-state index contributed by atoms with van der Waals surface area (Å²) in [5.74, 6) is 0.0823. The molecule has 0 fully saturated rings. The minimum atomic E-state index is -0.438. The van der Waals surface area contributed by atoms with Gasteiger partial charge in [0, 0.05) is 12.1 Å². The minimum absolute atomic E-state index is 0.0273. The van der Waals surface area contributed by atoms with E-state index >= 15 is 0 Å². The molecular formula is C23H31NO4. The normalized spacial score (nSPS) is 10.7. The second-order valence-corrected chi connectivity index (χ2v) is 7.07. The van der Waals surface area contributed by atoms with Gasteiger partial charge in [-0.1, -0.05) is 49.6 Å². The van der Waals surface area contributed by atoms with Gasteiger partial charge in [0.05, 0.1) is 19.2 Å². The Labute approximate surface area is 167 Å². The quantitative estimate of drug-likeness (QED) is 0.597. The van der Waals surface area contributed by atoms with Crippen LogP contribution in [0, 0.1) is 6.92 Å². The highest BCUT2D eigenvalue weighted by atomic mass is 16.5. The van der Waals surface area contributed by atoms with Crippen LogP contribution in [0.2, 0.25) is 0 Å². The summed E-state index contributed by atoms with van der Waals surface area (Å²) in [4.78, 5) is 13.6. The van der Waals surface area contributed by atoms with Gasteiger partial charge in [-0.3, -0.25) is 0 Å². The smallest absolute Gasteiger partial charge is 0.409 e. The highest BCUT2D eigenvalue weighted by Gasteiger charge is 2.22. The molecule has 0 aromatic heterocycles. The molecule has 0 aliphatic rings. The maximum atomic E-state index is 12.1. The van der Waals surface area contributed by atoms with E-state index in [0.29, 0.717) is 17.7 Å². The number of phenols is 2. The zero-order chi connectivity index (χ0) is 20.7. The lowest BCUT2D eigenvalue weighted by atomic mass is 9.92. The molecule has 0 aliphatic carbocycles. The predicted octanol–water partition coefficient (Wildman–Crippen LogP) is 5.39. The molecule has 28 heavy (non-hydrogen) atoms. The number of carbonyl (C=O) groups excluding carboxylic acids is 1. The first kappa shape index (κ1) is 21.6. The van der Waals surface area contributed by atoms with Gasteiger partial charge in [0.2, 0.25) is 0 Å². The molecule has 5 nitrogen and oxygen atoms in total. The topological polar surface area (TPSA) is 70.0 Å². The molecule has 152 valence electrons. The van der Waals surface area contributed by atoms with Crippen molar-refractivity contribution in [3.05, 3.63) is 47.0 Å². The van der Waals surface area contributed by atoms with Crippen molar-refractivity contribution in [1.29, 1.82) is 0 Å². The van der Waals surface area contributed by atoms with E-state index in [4.69, 9.17) is 4.74 Å². The minimum Gasteiger partial charge on any atom is -0.507 e. The predicted molar refractivity (Wildman–Crippen MR) is 112 cm³/mol. The Morgan fingerprint density at radius 1 is 1.14 bits per heavy atom. The first-order chi connectivity index (χ1) is 13.4. The van der Waals surface area contributed by atoms with Crippen LogP contribution in [0.1, 0.15) is 49.8 Å². The molecule has 0 bridgehead atoms. The average Bonchev–Trinajstić information content (AvgIpc) is 2.67. The van der Waals surface area contributed by atoms with Gasteiger partial charge in [-0.15, -0.1) is 0 Å². The lowest BCUT2D eigenvalue weighted by molar-refractivity contribution is 0.123. The SMILES string of the molecule is CCCCCc1cc(O)c(-c2cccc(C)c2)c(O)c1CN(CC)C(=O)OC. The number of methoxy groups -OCH3 is 1.